The lowest BCUT2D eigenvalue weighted by Crippen LogP contribution is -2.20. The zero-order chi connectivity index (χ0) is 12.4. The van der Waals surface area contributed by atoms with E-state index in [-0.39, 0.29) is 0 Å². The number of nitrogens with zero attached hydrogens (tertiary/aromatic N) is 3. The number of aromatic nitrogens is 2. The molecule has 17 heavy (non-hydrogen) atoms. The molecule has 0 fully saturated rings. The van der Waals surface area contributed by atoms with Gasteiger partial charge in [0.05, 0.1) is 23.8 Å². The van der Waals surface area contributed by atoms with Crippen LogP contribution < -0.4 is 4.90 Å². The van der Waals surface area contributed by atoms with Gasteiger partial charge in [0.2, 0.25) is 0 Å². The van der Waals surface area contributed by atoms with Crippen molar-refractivity contribution in [1.29, 1.82) is 0 Å². The summed E-state index contributed by atoms with van der Waals surface area (Å²) in [6, 6.07) is 1.90. The summed E-state index contributed by atoms with van der Waals surface area (Å²) in [5.41, 5.74) is 2.44. The molecule has 0 aliphatic carbocycles. The molecule has 5 heteroatoms. The molecule has 0 amide bonds. The molecule has 0 unspecified atom stereocenters. The predicted octanol–water partition coefficient (Wildman–Crippen LogP) is 1.77. The fourth-order valence-corrected chi connectivity index (χ4v) is 1.98. The van der Waals surface area contributed by atoms with Gasteiger partial charge in [-0.1, -0.05) is 0 Å². The normalized spacial score (nSPS) is 10.5. The van der Waals surface area contributed by atoms with Crippen molar-refractivity contribution < 1.29 is 9.21 Å². The summed E-state index contributed by atoms with van der Waals surface area (Å²) in [6.07, 6.45) is 4.18. The summed E-state index contributed by atoms with van der Waals surface area (Å²) in [6.45, 7) is 2.51. The highest BCUT2D eigenvalue weighted by atomic mass is 16.3. The Morgan fingerprint density at radius 1 is 1.59 bits per heavy atom. The summed E-state index contributed by atoms with van der Waals surface area (Å²) < 4.78 is 6.75. The van der Waals surface area contributed by atoms with Crippen LogP contribution in [-0.2, 0) is 13.6 Å². The first kappa shape index (κ1) is 11.4. The van der Waals surface area contributed by atoms with E-state index in [9.17, 15) is 4.79 Å². The number of hydrogen-bond acceptors (Lipinski definition) is 4. The fraction of sp³-hybridized carbons (Fsp3) is 0.333. The Morgan fingerprint density at radius 2 is 2.35 bits per heavy atom. The van der Waals surface area contributed by atoms with E-state index in [2.05, 4.69) is 5.10 Å². The van der Waals surface area contributed by atoms with Crippen LogP contribution in [0.4, 0.5) is 5.82 Å². The maximum absolute atomic E-state index is 11.1. The zero-order valence-electron chi connectivity index (χ0n) is 10.2. The van der Waals surface area contributed by atoms with Crippen molar-refractivity contribution in [3.05, 3.63) is 35.4 Å². The number of aryl methyl sites for hydroxylation is 2. The lowest BCUT2D eigenvalue weighted by Gasteiger charge is -2.18. The van der Waals surface area contributed by atoms with Crippen molar-refractivity contribution in [1.82, 2.24) is 9.78 Å². The number of furan rings is 1. The van der Waals surface area contributed by atoms with Crippen molar-refractivity contribution in [2.75, 3.05) is 11.9 Å². The first-order chi connectivity index (χ1) is 8.13. The molecule has 0 saturated carbocycles. The summed E-state index contributed by atoms with van der Waals surface area (Å²) in [7, 11) is 3.76. The molecule has 0 radical (unpaired) electrons. The molecule has 0 bridgehead atoms. The van der Waals surface area contributed by atoms with Crippen molar-refractivity contribution in [3.63, 3.8) is 0 Å². The number of aldehydes is 1. The molecular formula is C12H15N3O2. The Bertz CT molecular complexity index is 514. The zero-order valence-corrected chi connectivity index (χ0v) is 10.2. The lowest BCUT2D eigenvalue weighted by molar-refractivity contribution is 0.112. The summed E-state index contributed by atoms with van der Waals surface area (Å²) in [5.74, 6) is 0.818. The molecule has 0 aliphatic rings. The van der Waals surface area contributed by atoms with Crippen molar-refractivity contribution >= 4 is 12.1 Å². The van der Waals surface area contributed by atoms with Gasteiger partial charge >= 0.3 is 0 Å². The van der Waals surface area contributed by atoms with Gasteiger partial charge in [0.25, 0.3) is 0 Å². The average molecular weight is 233 g/mol. The van der Waals surface area contributed by atoms with E-state index in [4.69, 9.17) is 4.42 Å². The van der Waals surface area contributed by atoms with Gasteiger partial charge in [-0.25, -0.2) is 0 Å². The van der Waals surface area contributed by atoms with Crippen LogP contribution in [0.15, 0.2) is 23.0 Å². The minimum Gasteiger partial charge on any atom is -0.472 e. The minimum atomic E-state index is 0.637. The van der Waals surface area contributed by atoms with Gasteiger partial charge in [-0.05, 0) is 13.0 Å². The van der Waals surface area contributed by atoms with Gasteiger partial charge < -0.3 is 9.32 Å². The first-order valence-corrected chi connectivity index (χ1v) is 5.34. The molecular weight excluding hydrogens is 218 g/mol. The Hall–Kier alpha value is -2.04. The van der Waals surface area contributed by atoms with Gasteiger partial charge in [0.1, 0.15) is 5.82 Å². The highest BCUT2D eigenvalue weighted by molar-refractivity contribution is 5.84. The molecule has 5 nitrogen and oxygen atoms in total. The minimum absolute atomic E-state index is 0.637. The fourth-order valence-electron chi connectivity index (χ4n) is 1.98. The Labute approximate surface area is 99.6 Å². The van der Waals surface area contributed by atoms with E-state index in [1.165, 1.54) is 0 Å². The lowest BCUT2D eigenvalue weighted by atomic mass is 10.2. The van der Waals surface area contributed by atoms with Crippen LogP contribution in [0.5, 0.6) is 0 Å². The second-order valence-electron chi connectivity index (χ2n) is 4.05. The van der Waals surface area contributed by atoms with E-state index in [1.54, 1.807) is 17.2 Å². The number of carbonyl (C=O) groups is 1. The van der Waals surface area contributed by atoms with Gasteiger partial charge in [-0.2, -0.15) is 5.10 Å². The van der Waals surface area contributed by atoms with Crippen molar-refractivity contribution in [2.45, 2.75) is 13.5 Å². The highest BCUT2D eigenvalue weighted by Gasteiger charge is 2.16. The van der Waals surface area contributed by atoms with Crippen LogP contribution in [0, 0.1) is 6.92 Å². The molecule has 2 aromatic heterocycles. The molecule has 2 aromatic rings. The monoisotopic (exact) mass is 233 g/mol. The molecule has 0 saturated heterocycles. The van der Waals surface area contributed by atoms with Crippen LogP contribution in [0.3, 0.4) is 0 Å². The molecule has 0 N–H and O–H groups in total. The third-order valence-electron chi connectivity index (χ3n) is 2.72. The SMILES string of the molecule is Cc1nn(C)c(N(C)Cc2ccoc2)c1C=O. The molecule has 0 aliphatic heterocycles. The summed E-state index contributed by atoms with van der Waals surface area (Å²) in [4.78, 5) is 13.1. The van der Waals surface area contributed by atoms with E-state index < -0.39 is 0 Å². The van der Waals surface area contributed by atoms with Gasteiger partial charge in [-0.15, -0.1) is 0 Å². The third-order valence-corrected chi connectivity index (χ3v) is 2.72. The molecule has 90 valence electrons. The Kier molecular flexibility index (Phi) is 2.99. The largest absolute Gasteiger partial charge is 0.472 e. The maximum Gasteiger partial charge on any atom is 0.155 e. The van der Waals surface area contributed by atoms with E-state index in [1.807, 2.05) is 32.0 Å². The predicted molar refractivity (Wildman–Crippen MR) is 64.1 cm³/mol. The third kappa shape index (κ3) is 2.08. The van der Waals surface area contributed by atoms with Gasteiger partial charge in [0, 0.05) is 26.2 Å². The molecule has 0 spiro atoms. The Balaban J connectivity index is 2.30. The van der Waals surface area contributed by atoms with E-state index in [0.717, 1.165) is 23.4 Å². The molecule has 0 atom stereocenters. The summed E-state index contributed by atoms with van der Waals surface area (Å²) >= 11 is 0. The number of anilines is 1. The van der Waals surface area contributed by atoms with Crippen LogP contribution in [0.1, 0.15) is 21.6 Å². The smallest absolute Gasteiger partial charge is 0.155 e. The van der Waals surface area contributed by atoms with E-state index in [0.29, 0.717) is 12.1 Å². The maximum atomic E-state index is 11.1. The average Bonchev–Trinajstić information content (AvgIpc) is 2.85. The first-order valence-electron chi connectivity index (χ1n) is 5.34. The molecule has 2 rings (SSSR count). The van der Waals surface area contributed by atoms with Crippen LogP contribution in [0.25, 0.3) is 0 Å². The second-order valence-corrected chi connectivity index (χ2v) is 4.05. The standard InChI is InChI=1S/C12H15N3O2/c1-9-11(7-16)12(15(3)13-9)14(2)6-10-4-5-17-8-10/h4-5,7-8H,6H2,1-3H3. The van der Waals surface area contributed by atoms with Crippen molar-refractivity contribution in [2.24, 2.45) is 7.05 Å². The quantitative estimate of drug-likeness (QED) is 0.755. The Morgan fingerprint density at radius 3 is 2.94 bits per heavy atom. The van der Waals surface area contributed by atoms with Crippen LogP contribution >= 0.6 is 0 Å². The van der Waals surface area contributed by atoms with Crippen LogP contribution in [-0.4, -0.2) is 23.1 Å². The van der Waals surface area contributed by atoms with Gasteiger partial charge in [0.15, 0.2) is 6.29 Å². The highest BCUT2D eigenvalue weighted by Crippen LogP contribution is 2.21. The number of hydrogen-bond donors (Lipinski definition) is 0. The van der Waals surface area contributed by atoms with E-state index >= 15 is 0 Å². The van der Waals surface area contributed by atoms with Crippen molar-refractivity contribution in [3.8, 4) is 0 Å². The van der Waals surface area contributed by atoms with Gasteiger partial charge in [-0.3, -0.25) is 9.48 Å². The molecule has 0 aromatic carbocycles. The molecule has 2 heterocycles. The second kappa shape index (κ2) is 4.45. The number of rotatable bonds is 4. The number of carbonyl (C=O) groups excluding carboxylic acids is 1. The topological polar surface area (TPSA) is 51.3 Å². The summed E-state index contributed by atoms with van der Waals surface area (Å²) in [5, 5.41) is 4.25. The van der Waals surface area contributed by atoms with Crippen LogP contribution in [0.2, 0.25) is 0 Å².